The van der Waals surface area contributed by atoms with Gasteiger partial charge in [-0.15, -0.1) is 0 Å². The molecular weight excluding hydrogens is 710 g/mol. The molecule has 1 amide bonds. The van der Waals surface area contributed by atoms with Crippen molar-refractivity contribution in [2.45, 2.75) is 76.5 Å². The van der Waals surface area contributed by atoms with Crippen molar-refractivity contribution < 1.29 is 9.18 Å². The molecule has 2 saturated carbocycles. The largest absolute Gasteiger partial charge is 0.353 e. The maximum absolute atomic E-state index is 17.3. The highest BCUT2D eigenvalue weighted by atomic mass is 35.5. The molecule has 12 heteroatoms. The molecule has 5 aromatic rings. The fourth-order valence-corrected chi connectivity index (χ4v) is 10.6. The van der Waals surface area contributed by atoms with E-state index in [0.717, 1.165) is 84.5 Å². The summed E-state index contributed by atoms with van der Waals surface area (Å²) in [6, 6.07) is 14.4. The van der Waals surface area contributed by atoms with Crippen LogP contribution >= 0.6 is 23.2 Å². The number of carbonyl (C=O) groups excluding carboxylic acids is 1. The van der Waals surface area contributed by atoms with Crippen molar-refractivity contribution in [1.29, 1.82) is 5.26 Å². The number of carbonyl (C=O) groups is 1. The highest BCUT2D eigenvalue weighted by Crippen LogP contribution is 2.54. The number of nitrogens with one attached hydrogen (secondary N) is 1. The molecule has 6 fully saturated rings. The van der Waals surface area contributed by atoms with Gasteiger partial charge in [0.1, 0.15) is 5.52 Å². The number of pyridine rings is 1. The summed E-state index contributed by atoms with van der Waals surface area (Å²) in [6.07, 6.45) is 4.49. The maximum atomic E-state index is 17.3. The fraction of sp³-hybridized carbons (Fsp3) is 0.463. The van der Waals surface area contributed by atoms with E-state index in [1.807, 2.05) is 24.7 Å². The van der Waals surface area contributed by atoms with Crippen LogP contribution in [0.3, 0.4) is 0 Å². The van der Waals surface area contributed by atoms with Gasteiger partial charge >= 0.3 is 0 Å². The lowest BCUT2D eigenvalue weighted by molar-refractivity contribution is -0.135. The van der Waals surface area contributed by atoms with Crippen molar-refractivity contribution in [2.24, 2.45) is 24.8 Å². The summed E-state index contributed by atoms with van der Waals surface area (Å²) in [5.74, 6) is 1.48. The van der Waals surface area contributed by atoms with Gasteiger partial charge in [-0.2, -0.15) is 10.4 Å². The number of nitrogens with zero attached hydrogens (tertiary/aromatic N) is 7. The van der Waals surface area contributed by atoms with Crippen molar-refractivity contribution in [3.05, 3.63) is 74.9 Å². The van der Waals surface area contributed by atoms with Crippen LogP contribution in [-0.2, 0) is 18.3 Å². The number of amides is 1. The van der Waals surface area contributed by atoms with Gasteiger partial charge in [-0.3, -0.25) is 9.48 Å². The van der Waals surface area contributed by atoms with Crippen molar-refractivity contribution in [2.75, 3.05) is 24.5 Å². The number of aromatic nitrogens is 4. The van der Waals surface area contributed by atoms with E-state index in [9.17, 15) is 10.1 Å². The molecular formula is C41H41Cl2FN8O. The van der Waals surface area contributed by atoms with Crippen LogP contribution in [0.1, 0.15) is 66.8 Å². The Labute approximate surface area is 317 Å². The van der Waals surface area contributed by atoms with Crippen molar-refractivity contribution in [3.63, 3.8) is 0 Å². The molecule has 6 aliphatic rings. The second-order valence-electron chi connectivity index (χ2n) is 16.1. The first kappa shape index (κ1) is 33.4. The van der Waals surface area contributed by atoms with Gasteiger partial charge in [0, 0.05) is 96.0 Å². The van der Waals surface area contributed by atoms with E-state index in [-0.39, 0.29) is 52.8 Å². The van der Waals surface area contributed by atoms with Gasteiger partial charge in [-0.25, -0.2) is 9.37 Å². The number of benzene rings is 2. The molecule has 53 heavy (non-hydrogen) atoms. The topological polar surface area (TPSA) is 95.0 Å². The number of nitriles is 1. The molecule has 4 aliphatic heterocycles. The van der Waals surface area contributed by atoms with Crippen molar-refractivity contribution in [1.82, 2.24) is 29.5 Å². The van der Waals surface area contributed by atoms with Gasteiger partial charge in [0.2, 0.25) is 5.91 Å². The molecule has 3 aromatic heterocycles. The van der Waals surface area contributed by atoms with Crippen LogP contribution in [0.25, 0.3) is 32.9 Å². The predicted octanol–water partition coefficient (Wildman–Crippen LogP) is 7.83. The molecule has 4 saturated heterocycles. The Hall–Kier alpha value is -4.17. The molecule has 0 radical (unpaired) electrons. The number of fused-ring (bicyclic) bond motifs is 6. The molecule has 2 aliphatic carbocycles. The molecule has 0 spiro atoms. The molecule has 4 bridgehead atoms. The number of rotatable bonds is 7. The summed E-state index contributed by atoms with van der Waals surface area (Å²) in [4.78, 5) is 24.0. The average Bonchev–Trinajstić information content (AvgIpc) is 3.40. The maximum Gasteiger partial charge on any atom is 0.226 e. The van der Waals surface area contributed by atoms with Crippen LogP contribution in [0.2, 0.25) is 10.0 Å². The first-order valence-electron chi connectivity index (χ1n) is 18.9. The van der Waals surface area contributed by atoms with Crippen LogP contribution in [0.4, 0.5) is 10.2 Å². The van der Waals surface area contributed by atoms with E-state index in [2.05, 4.69) is 44.8 Å². The van der Waals surface area contributed by atoms with E-state index in [0.29, 0.717) is 40.1 Å². The van der Waals surface area contributed by atoms with E-state index in [4.69, 9.17) is 33.3 Å². The van der Waals surface area contributed by atoms with Gasteiger partial charge in [-0.05, 0) is 75.6 Å². The number of hydrogen-bond acceptors (Lipinski definition) is 6. The van der Waals surface area contributed by atoms with E-state index < -0.39 is 5.82 Å². The Morgan fingerprint density at radius 2 is 1.92 bits per heavy atom. The summed E-state index contributed by atoms with van der Waals surface area (Å²) in [6.45, 7) is 6.53. The van der Waals surface area contributed by atoms with Crippen LogP contribution in [0.15, 0.2) is 36.4 Å². The first-order valence-corrected chi connectivity index (χ1v) is 19.7. The summed E-state index contributed by atoms with van der Waals surface area (Å²) >= 11 is 13.2. The van der Waals surface area contributed by atoms with Crippen molar-refractivity contribution >= 4 is 56.7 Å². The smallest absolute Gasteiger partial charge is 0.226 e. The standard InChI is InChI=1S/C41H41Cl2FN8O/c1-20-12-33(48-49(20)3)50-18-25-13-26(19-50)51(41(53)22-9-10-22)39(25)32-16-28-21(2)47-37-29(40(28)52(32)38-24-15-31(38)46-17-24)14-23(6-5-11-45)34(36(37)44)27-7-4-8-30(42)35(27)43/h4,7-8,12,14,16,22,24-26,31,38-39,46H,5-6,9-10,13,15,17-19H2,1-3H3/t24-,25+,26-,31-,38+,39-/m1/s1. The number of halogens is 3. The van der Waals surface area contributed by atoms with E-state index in [1.165, 1.54) is 0 Å². The lowest BCUT2D eigenvalue weighted by Gasteiger charge is -2.40. The highest BCUT2D eigenvalue weighted by Gasteiger charge is 2.55. The molecule has 9 nitrogen and oxygen atoms in total. The average molecular weight is 752 g/mol. The number of hydrogen-bond donors (Lipinski definition) is 1. The zero-order valence-corrected chi connectivity index (χ0v) is 31.6. The minimum atomic E-state index is -0.461. The molecule has 272 valence electrons. The molecule has 0 unspecified atom stereocenters. The number of piperidine rings is 1. The Morgan fingerprint density at radius 1 is 1.09 bits per heavy atom. The zero-order chi connectivity index (χ0) is 36.4. The minimum absolute atomic E-state index is 0.0767. The number of aryl methyl sites for hydroxylation is 4. The third kappa shape index (κ3) is 4.99. The van der Waals surface area contributed by atoms with Crippen molar-refractivity contribution in [3.8, 4) is 17.2 Å². The normalized spacial score (nSPS) is 26.1. The lowest BCUT2D eigenvalue weighted by Crippen LogP contribution is -2.45. The highest BCUT2D eigenvalue weighted by molar-refractivity contribution is 6.43. The molecule has 11 rings (SSSR count). The SMILES string of the molecule is Cc1nc2c(F)c(-c3cccc(Cl)c3Cl)c(CCC#N)cc2c2c1cc([C@H]1[C@H]3C[C@H](CN(c4cc(C)n(C)n4)C3)N1C(=O)C1CC1)n2[C@H]1[C@H]2CN[C@@H]1C2. The third-order valence-electron chi connectivity index (χ3n) is 12.9. The van der Waals surface area contributed by atoms with E-state index in [1.54, 1.807) is 18.2 Å². The molecule has 7 heterocycles. The second-order valence-corrected chi connectivity index (χ2v) is 16.9. The minimum Gasteiger partial charge on any atom is -0.353 e. The first-order chi connectivity index (χ1) is 25.6. The summed E-state index contributed by atoms with van der Waals surface area (Å²) in [7, 11) is 1.98. The molecule has 2 aromatic carbocycles. The second kappa shape index (κ2) is 12.2. The van der Waals surface area contributed by atoms with Gasteiger partial charge in [-0.1, -0.05) is 35.3 Å². The number of likely N-dealkylation sites (tertiary alicyclic amines) is 1. The van der Waals surface area contributed by atoms with Crippen LogP contribution in [-0.4, -0.2) is 61.9 Å². The fourth-order valence-electron chi connectivity index (χ4n) is 10.2. The summed E-state index contributed by atoms with van der Waals surface area (Å²) in [5, 5.41) is 20.6. The van der Waals surface area contributed by atoms with Crippen LogP contribution in [0.5, 0.6) is 0 Å². The Balaban J connectivity index is 1.21. The Morgan fingerprint density at radius 3 is 2.62 bits per heavy atom. The van der Waals surface area contributed by atoms with Gasteiger partial charge in [0.15, 0.2) is 11.6 Å². The summed E-state index contributed by atoms with van der Waals surface area (Å²) < 4.78 is 21.7. The van der Waals surface area contributed by atoms with Crippen LogP contribution in [0, 0.1) is 48.7 Å². The summed E-state index contributed by atoms with van der Waals surface area (Å²) in [5.41, 5.74) is 5.73. The van der Waals surface area contributed by atoms with Gasteiger partial charge in [0.05, 0.1) is 39.8 Å². The van der Waals surface area contributed by atoms with Crippen LogP contribution < -0.4 is 10.2 Å². The Kier molecular flexibility index (Phi) is 7.67. The third-order valence-corrected chi connectivity index (χ3v) is 13.8. The Bertz CT molecular complexity index is 2380. The lowest BCUT2D eigenvalue weighted by atomic mass is 9.79. The van der Waals surface area contributed by atoms with Gasteiger partial charge < -0.3 is 19.7 Å². The molecule has 6 atom stereocenters. The van der Waals surface area contributed by atoms with E-state index >= 15 is 4.39 Å². The molecule has 1 N–H and O–H groups in total. The monoisotopic (exact) mass is 750 g/mol. The number of anilines is 1. The predicted molar refractivity (Wildman–Crippen MR) is 205 cm³/mol. The quantitative estimate of drug-likeness (QED) is 0.182. The zero-order valence-electron chi connectivity index (χ0n) is 30.0. The van der Waals surface area contributed by atoms with Gasteiger partial charge in [0.25, 0.3) is 0 Å².